The Kier molecular flexibility index (Phi) is 4.15. The molecule has 0 spiro atoms. The Morgan fingerprint density at radius 1 is 1.38 bits per heavy atom. The maximum absolute atomic E-state index is 12.4. The molecule has 1 atom stereocenters. The monoisotopic (exact) mass is 287 g/mol. The van der Waals surface area contributed by atoms with Crippen molar-refractivity contribution in [3.8, 4) is 0 Å². The number of nitrogens with one attached hydrogen (secondary N) is 2. The molecule has 4 nitrogen and oxygen atoms in total. The van der Waals surface area contributed by atoms with Gasteiger partial charge >= 0.3 is 0 Å². The van der Waals surface area contributed by atoms with Crippen LogP contribution in [0.1, 0.15) is 37.3 Å². The van der Waals surface area contributed by atoms with Gasteiger partial charge in [0, 0.05) is 24.7 Å². The van der Waals surface area contributed by atoms with E-state index >= 15 is 0 Å². The third kappa shape index (κ3) is 2.91. The molecule has 0 radical (unpaired) electrons. The van der Waals surface area contributed by atoms with E-state index < -0.39 is 0 Å². The van der Waals surface area contributed by atoms with Crippen molar-refractivity contribution in [2.75, 3.05) is 18.9 Å². The summed E-state index contributed by atoms with van der Waals surface area (Å²) >= 11 is 0. The van der Waals surface area contributed by atoms with Gasteiger partial charge in [0.1, 0.15) is 0 Å². The molecule has 0 bridgehead atoms. The normalized spacial score (nSPS) is 19.6. The number of amides is 1. The number of benzene rings is 1. The fourth-order valence-electron chi connectivity index (χ4n) is 3.15. The molecule has 1 aliphatic heterocycles. The number of fused-ring (bicyclic) bond motifs is 1. The second kappa shape index (κ2) is 6.06. The zero-order valence-corrected chi connectivity index (χ0v) is 13.0. The molecule has 114 valence electrons. The molecule has 0 saturated heterocycles. The van der Waals surface area contributed by atoms with E-state index in [1.807, 2.05) is 7.05 Å². The standard InChI is InChI=1S/C17H25N3O/c1-12(18-2)19-16-8-4-7-14-11-20(10-9-15(14)16)17(21)13-5-3-6-13/h4,7-8,12-13,18-19H,3,5-6,9-11H2,1-2H3. The van der Waals surface area contributed by atoms with Crippen LogP contribution in [0.5, 0.6) is 0 Å². The molecule has 2 N–H and O–H groups in total. The lowest BCUT2D eigenvalue weighted by Crippen LogP contribution is -2.42. The number of nitrogens with zero attached hydrogens (tertiary/aromatic N) is 1. The third-order valence-electron chi connectivity index (χ3n) is 4.84. The van der Waals surface area contributed by atoms with Gasteiger partial charge < -0.3 is 15.5 Å². The van der Waals surface area contributed by atoms with Gasteiger partial charge in [0.25, 0.3) is 0 Å². The summed E-state index contributed by atoms with van der Waals surface area (Å²) in [7, 11) is 1.95. The van der Waals surface area contributed by atoms with Gasteiger partial charge in [-0.05, 0) is 50.4 Å². The molecule has 1 aromatic rings. The fourth-order valence-corrected chi connectivity index (χ4v) is 3.15. The highest BCUT2D eigenvalue weighted by Gasteiger charge is 2.31. The van der Waals surface area contributed by atoms with E-state index in [-0.39, 0.29) is 6.17 Å². The molecule has 3 rings (SSSR count). The van der Waals surface area contributed by atoms with Gasteiger partial charge in [0.05, 0.1) is 6.17 Å². The minimum atomic E-state index is 0.242. The first-order valence-corrected chi connectivity index (χ1v) is 8.02. The van der Waals surface area contributed by atoms with Crippen molar-refractivity contribution < 1.29 is 4.79 Å². The van der Waals surface area contributed by atoms with Crippen LogP contribution in [0.2, 0.25) is 0 Å². The van der Waals surface area contributed by atoms with Gasteiger partial charge in [-0.2, -0.15) is 0 Å². The van der Waals surface area contributed by atoms with Crippen molar-refractivity contribution in [3.05, 3.63) is 29.3 Å². The number of carbonyl (C=O) groups is 1. The van der Waals surface area contributed by atoms with Gasteiger partial charge in [-0.25, -0.2) is 0 Å². The fraction of sp³-hybridized carbons (Fsp3) is 0.588. The van der Waals surface area contributed by atoms with Crippen LogP contribution in [0, 0.1) is 5.92 Å². The number of anilines is 1. The highest BCUT2D eigenvalue weighted by molar-refractivity contribution is 5.80. The van der Waals surface area contributed by atoms with E-state index in [0.29, 0.717) is 11.8 Å². The van der Waals surface area contributed by atoms with Gasteiger partial charge in [-0.15, -0.1) is 0 Å². The minimum absolute atomic E-state index is 0.242. The molecular weight excluding hydrogens is 262 g/mol. The van der Waals surface area contributed by atoms with E-state index in [1.54, 1.807) is 0 Å². The number of hydrogen-bond donors (Lipinski definition) is 2. The summed E-state index contributed by atoms with van der Waals surface area (Å²) in [5, 5.41) is 6.70. The van der Waals surface area contributed by atoms with Crippen molar-refractivity contribution in [1.82, 2.24) is 10.2 Å². The summed E-state index contributed by atoms with van der Waals surface area (Å²) in [6.45, 7) is 3.73. The van der Waals surface area contributed by atoms with Crippen LogP contribution in [0.4, 0.5) is 5.69 Å². The first kappa shape index (κ1) is 14.4. The summed E-state index contributed by atoms with van der Waals surface area (Å²) in [6, 6.07) is 6.38. The van der Waals surface area contributed by atoms with Crippen LogP contribution < -0.4 is 10.6 Å². The molecular formula is C17H25N3O. The number of rotatable bonds is 4. The summed E-state index contributed by atoms with van der Waals surface area (Å²) in [6.07, 6.45) is 4.59. The molecule has 0 aromatic heterocycles. The lowest BCUT2D eigenvalue weighted by Gasteiger charge is -2.35. The van der Waals surface area contributed by atoms with Crippen LogP contribution >= 0.6 is 0 Å². The van der Waals surface area contributed by atoms with Crippen molar-refractivity contribution in [1.29, 1.82) is 0 Å². The molecule has 1 aliphatic carbocycles. The van der Waals surface area contributed by atoms with Crippen molar-refractivity contribution in [3.63, 3.8) is 0 Å². The van der Waals surface area contributed by atoms with Crippen LogP contribution in [0.25, 0.3) is 0 Å². The van der Waals surface area contributed by atoms with Crippen molar-refractivity contribution in [2.24, 2.45) is 5.92 Å². The molecule has 1 aromatic carbocycles. The Morgan fingerprint density at radius 3 is 2.86 bits per heavy atom. The second-order valence-corrected chi connectivity index (χ2v) is 6.24. The molecule has 1 fully saturated rings. The van der Waals surface area contributed by atoms with Crippen molar-refractivity contribution in [2.45, 2.75) is 45.3 Å². The predicted molar refractivity (Wildman–Crippen MR) is 85.0 cm³/mol. The maximum Gasteiger partial charge on any atom is 0.225 e. The Morgan fingerprint density at radius 2 is 2.19 bits per heavy atom. The minimum Gasteiger partial charge on any atom is -0.370 e. The molecule has 21 heavy (non-hydrogen) atoms. The number of hydrogen-bond acceptors (Lipinski definition) is 3. The predicted octanol–water partition coefficient (Wildman–Crippen LogP) is 2.35. The highest BCUT2D eigenvalue weighted by Crippen LogP contribution is 2.32. The van der Waals surface area contributed by atoms with Crippen LogP contribution in [0.3, 0.4) is 0 Å². The SMILES string of the molecule is CNC(C)Nc1cccc2c1CCN(C(=O)C1CCC1)C2. The molecule has 1 heterocycles. The first-order chi connectivity index (χ1) is 10.2. The third-order valence-corrected chi connectivity index (χ3v) is 4.84. The molecule has 4 heteroatoms. The zero-order valence-electron chi connectivity index (χ0n) is 13.0. The van der Waals surface area contributed by atoms with Gasteiger partial charge in [-0.3, -0.25) is 4.79 Å². The van der Waals surface area contributed by atoms with Crippen molar-refractivity contribution >= 4 is 11.6 Å². The van der Waals surface area contributed by atoms with E-state index in [9.17, 15) is 4.79 Å². The van der Waals surface area contributed by atoms with E-state index in [0.717, 1.165) is 32.4 Å². The summed E-state index contributed by atoms with van der Waals surface area (Å²) in [5.41, 5.74) is 3.87. The van der Waals surface area contributed by atoms with Crippen LogP contribution in [-0.4, -0.2) is 30.6 Å². The summed E-state index contributed by atoms with van der Waals surface area (Å²) < 4.78 is 0. The van der Waals surface area contributed by atoms with E-state index in [1.165, 1.54) is 23.2 Å². The average molecular weight is 287 g/mol. The summed E-state index contributed by atoms with van der Waals surface area (Å²) in [4.78, 5) is 14.5. The van der Waals surface area contributed by atoms with Gasteiger partial charge in [0.15, 0.2) is 0 Å². The lowest BCUT2D eigenvalue weighted by atomic mass is 9.83. The smallest absolute Gasteiger partial charge is 0.225 e. The quantitative estimate of drug-likeness (QED) is 0.836. The Balaban J connectivity index is 1.74. The average Bonchev–Trinajstić information content (AvgIpc) is 2.45. The lowest BCUT2D eigenvalue weighted by molar-refractivity contribution is -0.139. The number of carbonyl (C=O) groups excluding carboxylic acids is 1. The Bertz CT molecular complexity index is 525. The second-order valence-electron chi connectivity index (χ2n) is 6.24. The zero-order chi connectivity index (χ0) is 14.8. The molecule has 2 aliphatic rings. The molecule has 1 unspecified atom stereocenters. The van der Waals surface area contributed by atoms with Crippen LogP contribution in [0.15, 0.2) is 18.2 Å². The Hall–Kier alpha value is -1.55. The van der Waals surface area contributed by atoms with Gasteiger partial charge in [0.2, 0.25) is 5.91 Å². The first-order valence-electron chi connectivity index (χ1n) is 8.02. The van der Waals surface area contributed by atoms with Gasteiger partial charge in [-0.1, -0.05) is 18.6 Å². The van der Waals surface area contributed by atoms with Crippen LogP contribution in [-0.2, 0) is 17.8 Å². The maximum atomic E-state index is 12.4. The van der Waals surface area contributed by atoms with E-state index in [2.05, 4.69) is 40.7 Å². The molecule has 1 saturated carbocycles. The topological polar surface area (TPSA) is 44.4 Å². The van der Waals surface area contributed by atoms with E-state index in [4.69, 9.17) is 0 Å². The largest absolute Gasteiger partial charge is 0.370 e. The molecule has 1 amide bonds. The highest BCUT2D eigenvalue weighted by atomic mass is 16.2. The Labute approximate surface area is 126 Å². The summed E-state index contributed by atoms with van der Waals surface area (Å²) in [5.74, 6) is 0.672.